The van der Waals surface area contributed by atoms with Crippen molar-refractivity contribution in [3.63, 3.8) is 0 Å². The minimum absolute atomic E-state index is 0.0685. The van der Waals surface area contributed by atoms with Crippen molar-refractivity contribution in [1.82, 2.24) is 5.32 Å². The summed E-state index contributed by atoms with van der Waals surface area (Å²) in [7, 11) is 0. The summed E-state index contributed by atoms with van der Waals surface area (Å²) in [6.07, 6.45) is 2.85. The summed E-state index contributed by atoms with van der Waals surface area (Å²) in [4.78, 5) is 25.0. The van der Waals surface area contributed by atoms with E-state index in [1.807, 2.05) is 47.8 Å². The van der Waals surface area contributed by atoms with Crippen LogP contribution in [-0.2, 0) is 16.0 Å². The highest BCUT2D eigenvalue weighted by molar-refractivity contribution is 7.10. The van der Waals surface area contributed by atoms with E-state index in [4.69, 9.17) is 0 Å². The number of benzene rings is 1. The molecule has 126 valence electrons. The van der Waals surface area contributed by atoms with Crippen molar-refractivity contribution >= 4 is 23.2 Å². The Hall–Kier alpha value is -2.14. The lowest BCUT2D eigenvalue weighted by molar-refractivity contribution is -0.157. The molecule has 1 aliphatic rings. The molecule has 1 amide bonds. The lowest BCUT2D eigenvalue weighted by Gasteiger charge is -2.37. The average Bonchev–Trinajstić information content (AvgIpc) is 3.05. The van der Waals surface area contributed by atoms with E-state index in [0.717, 1.165) is 16.9 Å². The highest BCUT2D eigenvalue weighted by atomic mass is 32.1. The molecule has 2 N–H and O–H groups in total. The lowest BCUT2D eigenvalue weighted by Crippen LogP contribution is -2.43. The summed E-state index contributed by atoms with van der Waals surface area (Å²) in [5, 5.41) is 14.5. The quantitative estimate of drug-likeness (QED) is 0.804. The maximum Gasteiger partial charge on any atom is 0.310 e. The fourth-order valence-electron chi connectivity index (χ4n) is 3.18. The maximum absolute atomic E-state index is 12.5. The largest absolute Gasteiger partial charge is 0.481 e. The zero-order chi connectivity index (χ0) is 17.0. The van der Waals surface area contributed by atoms with Crippen LogP contribution in [0.4, 0.5) is 0 Å². The van der Waals surface area contributed by atoms with Gasteiger partial charge in [-0.25, -0.2) is 0 Å². The summed E-state index contributed by atoms with van der Waals surface area (Å²) in [5.74, 6) is -1.02. The van der Waals surface area contributed by atoms with Crippen LogP contribution in [-0.4, -0.2) is 17.0 Å². The molecule has 1 unspecified atom stereocenters. The van der Waals surface area contributed by atoms with Crippen molar-refractivity contribution in [2.75, 3.05) is 0 Å². The number of aliphatic carboxylic acids is 1. The molecule has 2 aromatic rings. The Kier molecular flexibility index (Phi) is 5.00. The number of nitrogens with one attached hydrogen (secondary N) is 1. The fraction of sp³-hybridized carbons (Fsp3) is 0.368. The molecular weight excluding hydrogens is 322 g/mol. The first kappa shape index (κ1) is 16.7. The predicted octanol–water partition coefficient (Wildman–Crippen LogP) is 3.79. The van der Waals surface area contributed by atoms with Crippen LogP contribution < -0.4 is 5.32 Å². The molecule has 24 heavy (non-hydrogen) atoms. The first-order valence-electron chi connectivity index (χ1n) is 8.19. The number of thiophene rings is 1. The number of carboxylic acid groups (broad SMARTS) is 1. The van der Waals surface area contributed by atoms with E-state index in [1.165, 1.54) is 0 Å². The van der Waals surface area contributed by atoms with Crippen LogP contribution in [0.3, 0.4) is 0 Å². The summed E-state index contributed by atoms with van der Waals surface area (Å²) in [6.45, 7) is 0. The molecule has 0 radical (unpaired) electrons. The van der Waals surface area contributed by atoms with E-state index in [0.29, 0.717) is 19.3 Å². The van der Waals surface area contributed by atoms with Crippen LogP contribution in [0.5, 0.6) is 0 Å². The summed E-state index contributed by atoms with van der Waals surface area (Å²) >= 11 is 1.61. The SMILES string of the molecule is O=C(CC1(C(=O)O)CCC1)NC(Cc1ccccc1)c1cccs1. The number of rotatable bonds is 7. The summed E-state index contributed by atoms with van der Waals surface area (Å²) in [5.41, 5.74) is 0.296. The average molecular weight is 343 g/mol. The Morgan fingerprint density at radius 2 is 1.92 bits per heavy atom. The molecule has 1 heterocycles. The molecule has 4 nitrogen and oxygen atoms in total. The highest BCUT2D eigenvalue weighted by Gasteiger charge is 2.46. The number of hydrogen-bond acceptors (Lipinski definition) is 3. The zero-order valence-electron chi connectivity index (χ0n) is 13.4. The molecule has 0 bridgehead atoms. The standard InChI is InChI=1S/C19H21NO3S/c21-17(13-19(18(22)23)9-5-10-19)20-15(16-8-4-11-24-16)12-14-6-2-1-3-7-14/h1-4,6-8,11,15H,5,9-10,12-13H2,(H,20,21)(H,22,23). The molecule has 5 heteroatoms. The number of amides is 1. The molecule has 0 saturated heterocycles. The number of carbonyl (C=O) groups is 2. The number of hydrogen-bond donors (Lipinski definition) is 2. The van der Waals surface area contributed by atoms with Crippen molar-refractivity contribution < 1.29 is 14.7 Å². The molecule has 1 aromatic heterocycles. The molecule has 0 aliphatic heterocycles. The molecule has 3 rings (SSSR count). The molecule has 0 spiro atoms. The Labute approximate surface area is 145 Å². The summed E-state index contributed by atoms with van der Waals surface area (Å²) < 4.78 is 0. The molecule has 1 fully saturated rings. The Morgan fingerprint density at radius 1 is 1.17 bits per heavy atom. The van der Waals surface area contributed by atoms with Gasteiger partial charge in [-0.2, -0.15) is 0 Å². The maximum atomic E-state index is 12.5. The highest BCUT2D eigenvalue weighted by Crippen LogP contribution is 2.44. The predicted molar refractivity (Wildman–Crippen MR) is 93.9 cm³/mol. The van der Waals surface area contributed by atoms with Gasteiger partial charge in [0.05, 0.1) is 11.5 Å². The van der Waals surface area contributed by atoms with Gasteiger partial charge in [-0.1, -0.05) is 42.8 Å². The third kappa shape index (κ3) is 3.67. The van der Waals surface area contributed by atoms with E-state index >= 15 is 0 Å². The van der Waals surface area contributed by atoms with Gasteiger partial charge < -0.3 is 10.4 Å². The molecular formula is C19H21NO3S. The Balaban J connectivity index is 1.70. The van der Waals surface area contributed by atoms with Crippen molar-refractivity contribution in [3.8, 4) is 0 Å². The van der Waals surface area contributed by atoms with Crippen LogP contribution in [0.25, 0.3) is 0 Å². The second-order valence-electron chi connectivity index (χ2n) is 6.44. The third-order valence-electron chi connectivity index (χ3n) is 4.77. The zero-order valence-corrected chi connectivity index (χ0v) is 14.2. The smallest absolute Gasteiger partial charge is 0.310 e. The van der Waals surface area contributed by atoms with Gasteiger partial charge in [0.2, 0.25) is 5.91 Å². The van der Waals surface area contributed by atoms with Crippen molar-refractivity contribution in [2.45, 2.75) is 38.1 Å². The Bertz CT molecular complexity index is 693. The van der Waals surface area contributed by atoms with E-state index < -0.39 is 11.4 Å². The van der Waals surface area contributed by atoms with Crippen molar-refractivity contribution in [2.24, 2.45) is 5.41 Å². The van der Waals surface area contributed by atoms with Gasteiger partial charge in [-0.3, -0.25) is 9.59 Å². The Morgan fingerprint density at radius 3 is 2.46 bits per heavy atom. The molecule has 1 aromatic carbocycles. The monoisotopic (exact) mass is 343 g/mol. The van der Waals surface area contributed by atoms with E-state index in [-0.39, 0.29) is 18.4 Å². The summed E-state index contributed by atoms with van der Waals surface area (Å²) in [6, 6.07) is 13.9. The second kappa shape index (κ2) is 7.18. The second-order valence-corrected chi connectivity index (χ2v) is 7.42. The third-order valence-corrected chi connectivity index (χ3v) is 5.75. The van der Waals surface area contributed by atoms with Crippen LogP contribution in [0.15, 0.2) is 47.8 Å². The first-order valence-corrected chi connectivity index (χ1v) is 9.07. The molecule has 1 aliphatic carbocycles. The van der Waals surface area contributed by atoms with Crippen LogP contribution in [0.2, 0.25) is 0 Å². The van der Waals surface area contributed by atoms with E-state index in [9.17, 15) is 14.7 Å². The van der Waals surface area contributed by atoms with Gasteiger partial charge in [0.15, 0.2) is 0 Å². The van der Waals surface area contributed by atoms with Gasteiger partial charge in [-0.05, 0) is 36.3 Å². The van der Waals surface area contributed by atoms with Crippen molar-refractivity contribution in [3.05, 3.63) is 58.3 Å². The van der Waals surface area contributed by atoms with Gasteiger partial charge in [0.1, 0.15) is 0 Å². The minimum Gasteiger partial charge on any atom is -0.481 e. The van der Waals surface area contributed by atoms with Crippen LogP contribution in [0, 0.1) is 5.41 Å². The van der Waals surface area contributed by atoms with Gasteiger partial charge in [0.25, 0.3) is 0 Å². The molecule has 1 saturated carbocycles. The van der Waals surface area contributed by atoms with E-state index in [1.54, 1.807) is 11.3 Å². The van der Waals surface area contributed by atoms with Crippen LogP contribution in [0.1, 0.15) is 42.2 Å². The number of carboxylic acids is 1. The topological polar surface area (TPSA) is 66.4 Å². The normalized spacial score (nSPS) is 16.8. The van der Waals surface area contributed by atoms with Crippen LogP contribution >= 0.6 is 11.3 Å². The van der Waals surface area contributed by atoms with Gasteiger partial charge in [-0.15, -0.1) is 11.3 Å². The molecule has 1 atom stereocenters. The lowest BCUT2D eigenvalue weighted by atomic mass is 9.66. The minimum atomic E-state index is -0.850. The first-order chi connectivity index (χ1) is 11.6. The van der Waals surface area contributed by atoms with Crippen molar-refractivity contribution in [1.29, 1.82) is 0 Å². The van der Waals surface area contributed by atoms with Gasteiger partial charge in [0, 0.05) is 11.3 Å². The van der Waals surface area contributed by atoms with Gasteiger partial charge >= 0.3 is 5.97 Å². The van der Waals surface area contributed by atoms with E-state index in [2.05, 4.69) is 5.32 Å². The number of carbonyl (C=O) groups excluding carboxylic acids is 1. The fourth-order valence-corrected chi connectivity index (χ4v) is 3.96.